The average molecular weight is 302 g/mol. The Morgan fingerprint density at radius 2 is 2.05 bits per heavy atom. The van der Waals surface area contributed by atoms with Crippen molar-refractivity contribution in [3.8, 4) is 6.07 Å². The predicted octanol–water partition coefficient (Wildman–Crippen LogP) is -0.0388. The number of nitriles is 1. The van der Waals surface area contributed by atoms with Crippen molar-refractivity contribution in [2.75, 3.05) is 5.32 Å². The fourth-order valence-electron chi connectivity index (χ4n) is 2.24. The van der Waals surface area contributed by atoms with Crippen molar-refractivity contribution in [1.82, 2.24) is 18.9 Å². The van der Waals surface area contributed by atoms with E-state index in [0.29, 0.717) is 6.54 Å². The van der Waals surface area contributed by atoms with E-state index in [1.807, 2.05) is 26.1 Å². The molecule has 0 spiro atoms. The van der Waals surface area contributed by atoms with Crippen LogP contribution in [-0.2, 0) is 20.6 Å². The van der Waals surface area contributed by atoms with Gasteiger partial charge in [-0.3, -0.25) is 18.6 Å². The minimum atomic E-state index is -0.602. The van der Waals surface area contributed by atoms with Crippen LogP contribution in [0.1, 0.15) is 18.1 Å². The lowest BCUT2D eigenvalue weighted by atomic mass is 10.2. The fourth-order valence-corrected chi connectivity index (χ4v) is 2.24. The molecule has 0 aliphatic carbocycles. The molecule has 0 aromatic carbocycles. The highest BCUT2D eigenvalue weighted by atomic mass is 16.2. The Balaban J connectivity index is 2.35. The second-order valence-corrected chi connectivity index (χ2v) is 5.33. The van der Waals surface area contributed by atoms with Crippen molar-refractivity contribution in [2.24, 2.45) is 14.1 Å². The van der Waals surface area contributed by atoms with Crippen LogP contribution in [-0.4, -0.2) is 25.0 Å². The van der Waals surface area contributed by atoms with E-state index in [9.17, 15) is 14.9 Å². The second kappa shape index (κ2) is 5.89. The maximum absolute atomic E-state index is 12.0. The van der Waals surface area contributed by atoms with Crippen LogP contribution in [0.3, 0.4) is 0 Å². The molecule has 8 nitrogen and oxygen atoms in total. The molecule has 0 amide bonds. The van der Waals surface area contributed by atoms with Gasteiger partial charge < -0.3 is 5.32 Å². The van der Waals surface area contributed by atoms with Crippen LogP contribution in [0.2, 0.25) is 0 Å². The summed E-state index contributed by atoms with van der Waals surface area (Å²) in [5, 5.41) is 16.5. The van der Waals surface area contributed by atoms with Crippen LogP contribution in [0.25, 0.3) is 0 Å². The minimum Gasteiger partial charge on any atom is -0.366 e. The van der Waals surface area contributed by atoms with Gasteiger partial charge in [-0.1, -0.05) is 0 Å². The van der Waals surface area contributed by atoms with E-state index in [4.69, 9.17) is 0 Å². The molecular formula is C14H18N6O2. The third-order valence-electron chi connectivity index (χ3n) is 3.38. The fraction of sp³-hybridized carbons (Fsp3) is 0.429. The minimum absolute atomic E-state index is 0.0758. The molecule has 0 bridgehead atoms. The number of nitrogens with one attached hydrogen (secondary N) is 1. The van der Waals surface area contributed by atoms with Gasteiger partial charge in [0.2, 0.25) is 0 Å². The lowest BCUT2D eigenvalue weighted by molar-refractivity contribution is 0.554. The first-order valence-corrected chi connectivity index (χ1v) is 6.80. The molecule has 22 heavy (non-hydrogen) atoms. The molecule has 0 fully saturated rings. The Bertz CT molecular complexity index is 852. The topological polar surface area (TPSA) is 97.6 Å². The molecular weight excluding hydrogens is 284 g/mol. The van der Waals surface area contributed by atoms with Crippen molar-refractivity contribution in [3.05, 3.63) is 44.4 Å². The van der Waals surface area contributed by atoms with E-state index < -0.39 is 11.2 Å². The number of nitrogens with zero attached hydrogens (tertiary/aromatic N) is 5. The quantitative estimate of drug-likeness (QED) is 0.854. The van der Waals surface area contributed by atoms with Crippen LogP contribution in [0.15, 0.2) is 22.0 Å². The van der Waals surface area contributed by atoms with Crippen molar-refractivity contribution in [2.45, 2.75) is 26.4 Å². The van der Waals surface area contributed by atoms with Gasteiger partial charge in [-0.2, -0.15) is 10.4 Å². The highest BCUT2D eigenvalue weighted by Crippen LogP contribution is 2.09. The molecule has 2 heterocycles. The summed E-state index contributed by atoms with van der Waals surface area (Å²) >= 11 is 0. The summed E-state index contributed by atoms with van der Waals surface area (Å²) in [6.07, 6.45) is 3.65. The normalized spacial score (nSPS) is 12.0. The Hall–Kier alpha value is -2.82. The van der Waals surface area contributed by atoms with Gasteiger partial charge in [-0.25, -0.2) is 4.79 Å². The van der Waals surface area contributed by atoms with Crippen molar-refractivity contribution >= 4 is 5.82 Å². The molecule has 1 atom stereocenters. The van der Waals surface area contributed by atoms with E-state index in [1.54, 1.807) is 10.9 Å². The maximum atomic E-state index is 12.0. The molecule has 0 aliphatic heterocycles. The second-order valence-electron chi connectivity index (χ2n) is 5.33. The van der Waals surface area contributed by atoms with E-state index in [0.717, 1.165) is 10.1 Å². The SMILES string of the molecule is Cc1cnn(C[C@H](C)Nc2c(C#N)c(=O)n(C)c(=O)n2C)c1. The number of hydrogen-bond acceptors (Lipinski definition) is 5. The highest BCUT2D eigenvalue weighted by Gasteiger charge is 2.17. The first-order valence-electron chi connectivity index (χ1n) is 6.80. The maximum Gasteiger partial charge on any atom is 0.332 e. The third kappa shape index (κ3) is 2.79. The molecule has 0 saturated carbocycles. The summed E-state index contributed by atoms with van der Waals surface area (Å²) in [4.78, 5) is 24.0. The molecule has 116 valence electrons. The molecule has 2 rings (SSSR count). The monoisotopic (exact) mass is 302 g/mol. The number of aromatic nitrogens is 4. The van der Waals surface area contributed by atoms with E-state index >= 15 is 0 Å². The van der Waals surface area contributed by atoms with Crippen LogP contribution in [0.4, 0.5) is 5.82 Å². The molecule has 0 radical (unpaired) electrons. The van der Waals surface area contributed by atoms with Gasteiger partial charge in [-0.05, 0) is 19.4 Å². The van der Waals surface area contributed by atoms with E-state index in [-0.39, 0.29) is 17.4 Å². The van der Waals surface area contributed by atoms with Crippen LogP contribution in [0.5, 0.6) is 0 Å². The van der Waals surface area contributed by atoms with Crippen molar-refractivity contribution in [3.63, 3.8) is 0 Å². The van der Waals surface area contributed by atoms with Gasteiger partial charge in [-0.15, -0.1) is 0 Å². The van der Waals surface area contributed by atoms with E-state index in [2.05, 4.69) is 10.4 Å². The summed E-state index contributed by atoms with van der Waals surface area (Å²) in [6, 6.07) is 1.75. The van der Waals surface area contributed by atoms with Gasteiger partial charge in [0.1, 0.15) is 11.9 Å². The van der Waals surface area contributed by atoms with Gasteiger partial charge in [0.15, 0.2) is 5.56 Å². The van der Waals surface area contributed by atoms with Crippen molar-refractivity contribution in [1.29, 1.82) is 5.26 Å². The molecule has 0 saturated heterocycles. The number of rotatable bonds is 4. The lowest BCUT2D eigenvalue weighted by Crippen LogP contribution is -2.41. The number of anilines is 1. The first-order chi connectivity index (χ1) is 10.3. The van der Waals surface area contributed by atoms with Crippen LogP contribution < -0.4 is 16.6 Å². The van der Waals surface area contributed by atoms with Gasteiger partial charge in [0.05, 0.1) is 12.7 Å². The summed E-state index contributed by atoms with van der Waals surface area (Å²) < 4.78 is 3.95. The highest BCUT2D eigenvalue weighted by molar-refractivity contribution is 5.51. The van der Waals surface area contributed by atoms with Gasteiger partial charge in [0, 0.05) is 26.3 Å². The lowest BCUT2D eigenvalue weighted by Gasteiger charge is -2.19. The van der Waals surface area contributed by atoms with Crippen LogP contribution in [0, 0.1) is 18.3 Å². The number of aryl methyl sites for hydroxylation is 1. The third-order valence-corrected chi connectivity index (χ3v) is 3.38. The summed E-state index contributed by atoms with van der Waals surface area (Å²) in [5.41, 5.74) is -0.108. The average Bonchev–Trinajstić information content (AvgIpc) is 2.88. The van der Waals surface area contributed by atoms with Crippen LogP contribution >= 0.6 is 0 Å². The molecule has 2 aromatic rings. The summed E-state index contributed by atoms with van der Waals surface area (Å²) in [5.74, 6) is 0.229. The molecule has 8 heteroatoms. The molecule has 0 aliphatic rings. The Morgan fingerprint density at radius 3 is 2.59 bits per heavy atom. The van der Waals surface area contributed by atoms with Gasteiger partial charge >= 0.3 is 5.69 Å². The standard InChI is InChI=1S/C14H18N6O2/c1-9-6-16-20(7-9)8-10(2)17-12-11(5-15)13(21)19(4)14(22)18(12)3/h6-7,10,17H,8H2,1-4H3/t10-/m0/s1. The smallest absolute Gasteiger partial charge is 0.332 e. The predicted molar refractivity (Wildman–Crippen MR) is 81.7 cm³/mol. The molecule has 1 N–H and O–H groups in total. The Morgan fingerprint density at radius 1 is 1.36 bits per heavy atom. The van der Waals surface area contributed by atoms with E-state index in [1.165, 1.54) is 18.7 Å². The zero-order valence-electron chi connectivity index (χ0n) is 13.0. The largest absolute Gasteiger partial charge is 0.366 e. The summed E-state index contributed by atoms with van der Waals surface area (Å²) in [6.45, 7) is 4.38. The Labute approximate surface area is 127 Å². The molecule has 0 unspecified atom stereocenters. The Kier molecular flexibility index (Phi) is 4.17. The molecule has 2 aromatic heterocycles. The summed E-state index contributed by atoms with van der Waals surface area (Å²) in [7, 11) is 2.88. The van der Waals surface area contributed by atoms with Gasteiger partial charge in [0.25, 0.3) is 5.56 Å². The number of hydrogen-bond donors (Lipinski definition) is 1. The zero-order valence-corrected chi connectivity index (χ0v) is 13.0. The van der Waals surface area contributed by atoms with Crippen molar-refractivity contribution < 1.29 is 0 Å². The first kappa shape index (κ1) is 15.6. The zero-order chi connectivity index (χ0) is 16.4.